The van der Waals surface area contributed by atoms with E-state index in [2.05, 4.69) is 33.9 Å². The van der Waals surface area contributed by atoms with Crippen LogP contribution >= 0.6 is 15.9 Å². The first-order chi connectivity index (χ1) is 9.11. The second-order valence-corrected chi connectivity index (χ2v) is 5.35. The Morgan fingerprint density at radius 2 is 2.16 bits per heavy atom. The zero-order valence-electron chi connectivity index (χ0n) is 11.1. The molecule has 0 fully saturated rings. The Morgan fingerprint density at radius 3 is 2.84 bits per heavy atom. The van der Waals surface area contributed by atoms with Crippen LogP contribution < -0.4 is 10.5 Å². The Balaban J connectivity index is 2.26. The fourth-order valence-electron chi connectivity index (χ4n) is 2.07. The highest BCUT2D eigenvalue weighted by Crippen LogP contribution is 2.27. The molecule has 100 valence electrons. The molecule has 0 spiro atoms. The fraction of sp³-hybridized carbons (Fsp3) is 0.267. The molecule has 0 aliphatic rings. The van der Waals surface area contributed by atoms with Crippen LogP contribution in [-0.4, -0.2) is 12.1 Å². The number of pyridine rings is 1. The van der Waals surface area contributed by atoms with Gasteiger partial charge >= 0.3 is 0 Å². The Kier molecular flexibility index (Phi) is 4.56. The number of rotatable bonds is 4. The molecule has 1 atom stereocenters. The van der Waals surface area contributed by atoms with Crippen molar-refractivity contribution in [2.45, 2.75) is 19.4 Å². The van der Waals surface area contributed by atoms with Gasteiger partial charge in [0.1, 0.15) is 5.75 Å². The van der Waals surface area contributed by atoms with Crippen LogP contribution in [0.25, 0.3) is 0 Å². The maximum absolute atomic E-state index is 6.25. The third kappa shape index (κ3) is 3.33. The highest BCUT2D eigenvalue weighted by atomic mass is 79.9. The third-order valence-corrected chi connectivity index (χ3v) is 3.68. The Labute approximate surface area is 121 Å². The first kappa shape index (κ1) is 14.0. The maximum atomic E-state index is 6.25. The standard InChI is InChI=1S/C15H17BrN2O/c1-10-5-6-14(19-2)11(8-10)9-13(17)15-12(16)4-3-7-18-15/h3-8,13H,9,17H2,1-2H3. The molecule has 1 aromatic heterocycles. The number of benzene rings is 1. The van der Waals surface area contributed by atoms with Gasteiger partial charge in [-0.2, -0.15) is 0 Å². The van der Waals surface area contributed by atoms with Gasteiger partial charge in [0.2, 0.25) is 0 Å². The number of hydrogen-bond donors (Lipinski definition) is 1. The van der Waals surface area contributed by atoms with Crippen LogP contribution in [0.15, 0.2) is 41.0 Å². The predicted molar refractivity (Wildman–Crippen MR) is 80.3 cm³/mol. The normalized spacial score (nSPS) is 12.2. The Morgan fingerprint density at radius 1 is 1.37 bits per heavy atom. The van der Waals surface area contributed by atoms with Gasteiger partial charge in [-0.3, -0.25) is 4.98 Å². The minimum Gasteiger partial charge on any atom is -0.496 e. The summed E-state index contributed by atoms with van der Waals surface area (Å²) < 4.78 is 6.32. The van der Waals surface area contributed by atoms with E-state index in [1.165, 1.54) is 5.56 Å². The van der Waals surface area contributed by atoms with E-state index in [9.17, 15) is 0 Å². The highest BCUT2D eigenvalue weighted by Gasteiger charge is 2.14. The molecule has 3 nitrogen and oxygen atoms in total. The molecule has 0 amide bonds. The fourth-order valence-corrected chi connectivity index (χ4v) is 2.62. The lowest BCUT2D eigenvalue weighted by Crippen LogP contribution is -2.16. The molecule has 0 saturated carbocycles. The lowest BCUT2D eigenvalue weighted by molar-refractivity contribution is 0.408. The van der Waals surface area contributed by atoms with Crippen LogP contribution in [0.4, 0.5) is 0 Å². The highest BCUT2D eigenvalue weighted by molar-refractivity contribution is 9.10. The average molecular weight is 321 g/mol. The van der Waals surface area contributed by atoms with Gasteiger partial charge in [-0.25, -0.2) is 0 Å². The van der Waals surface area contributed by atoms with Crippen molar-refractivity contribution < 1.29 is 4.74 Å². The largest absolute Gasteiger partial charge is 0.496 e. The first-order valence-electron chi connectivity index (χ1n) is 6.11. The summed E-state index contributed by atoms with van der Waals surface area (Å²) in [5.41, 5.74) is 9.42. The third-order valence-electron chi connectivity index (χ3n) is 3.01. The molecule has 2 N–H and O–H groups in total. The van der Waals surface area contributed by atoms with Gasteiger partial charge < -0.3 is 10.5 Å². The van der Waals surface area contributed by atoms with Crippen molar-refractivity contribution in [2.24, 2.45) is 5.73 Å². The summed E-state index contributed by atoms with van der Waals surface area (Å²) in [6.07, 6.45) is 2.45. The van der Waals surface area contributed by atoms with Gasteiger partial charge in [0, 0.05) is 10.7 Å². The van der Waals surface area contributed by atoms with Gasteiger partial charge in [-0.1, -0.05) is 17.7 Å². The molecular formula is C15H17BrN2O. The minimum atomic E-state index is -0.161. The SMILES string of the molecule is COc1ccc(C)cc1CC(N)c1ncccc1Br. The molecule has 1 unspecified atom stereocenters. The van der Waals surface area contributed by atoms with Gasteiger partial charge in [0.15, 0.2) is 0 Å². The molecule has 1 heterocycles. The van der Waals surface area contributed by atoms with E-state index in [4.69, 9.17) is 10.5 Å². The minimum absolute atomic E-state index is 0.161. The zero-order chi connectivity index (χ0) is 13.8. The van der Waals surface area contributed by atoms with Crippen LogP contribution in [-0.2, 0) is 6.42 Å². The molecule has 0 bridgehead atoms. The van der Waals surface area contributed by atoms with E-state index in [-0.39, 0.29) is 6.04 Å². The van der Waals surface area contributed by atoms with Gasteiger partial charge in [0.25, 0.3) is 0 Å². The van der Waals surface area contributed by atoms with E-state index in [1.807, 2.05) is 24.3 Å². The summed E-state index contributed by atoms with van der Waals surface area (Å²) in [5, 5.41) is 0. The summed E-state index contributed by atoms with van der Waals surface area (Å²) in [6, 6.07) is 9.79. The van der Waals surface area contributed by atoms with Crippen molar-refractivity contribution in [1.82, 2.24) is 4.98 Å². The topological polar surface area (TPSA) is 48.1 Å². The number of aryl methyl sites for hydroxylation is 1. The molecule has 0 aliphatic carbocycles. The maximum Gasteiger partial charge on any atom is 0.122 e. The van der Waals surface area contributed by atoms with Crippen molar-refractivity contribution in [3.05, 3.63) is 57.8 Å². The Hall–Kier alpha value is -1.39. The van der Waals surface area contributed by atoms with Crippen LogP contribution in [0.3, 0.4) is 0 Å². The lowest BCUT2D eigenvalue weighted by atomic mass is 10.0. The average Bonchev–Trinajstić information content (AvgIpc) is 2.39. The number of nitrogens with zero attached hydrogens (tertiary/aromatic N) is 1. The molecule has 2 rings (SSSR count). The van der Waals surface area contributed by atoms with Crippen molar-refractivity contribution in [3.8, 4) is 5.75 Å². The van der Waals surface area contributed by atoms with Crippen LogP contribution in [0, 0.1) is 6.92 Å². The van der Waals surface area contributed by atoms with Crippen molar-refractivity contribution in [1.29, 1.82) is 0 Å². The molecule has 1 aromatic carbocycles. The van der Waals surface area contributed by atoms with E-state index in [1.54, 1.807) is 13.3 Å². The zero-order valence-corrected chi connectivity index (χ0v) is 12.6. The second kappa shape index (κ2) is 6.17. The van der Waals surface area contributed by atoms with E-state index in [0.717, 1.165) is 21.5 Å². The smallest absolute Gasteiger partial charge is 0.122 e. The molecule has 4 heteroatoms. The predicted octanol–water partition coefficient (Wildman–Crippen LogP) is 3.40. The van der Waals surface area contributed by atoms with Crippen LogP contribution in [0.5, 0.6) is 5.75 Å². The van der Waals surface area contributed by atoms with Crippen molar-refractivity contribution >= 4 is 15.9 Å². The number of methoxy groups -OCH3 is 1. The van der Waals surface area contributed by atoms with Gasteiger partial charge in [-0.15, -0.1) is 0 Å². The first-order valence-corrected chi connectivity index (χ1v) is 6.90. The van der Waals surface area contributed by atoms with Crippen LogP contribution in [0.2, 0.25) is 0 Å². The number of aromatic nitrogens is 1. The van der Waals surface area contributed by atoms with E-state index in [0.29, 0.717) is 6.42 Å². The van der Waals surface area contributed by atoms with Crippen LogP contribution in [0.1, 0.15) is 22.9 Å². The quantitative estimate of drug-likeness (QED) is 0.939. The molecule has 0 radical (unpaired) electrons. The summed E-state index contributed by atoms with van der Waals surface area (Å²) in [7, 11) is 1.68. The molecular weight excluding hydrogens is 304 g/mol. The summed E-state index contributed by atoms with van der Waals surface area (Å²) >= 11 is 3.49. The van der Waals surface area contributed by atoms with E-state index >= 15 is 0 Å². The van der Waals surface area contributed by atoms with E-state index < -0.39 is 0 Å². The molecule has 2 aromatic rings. The lowest BCUT2D eigenvalue weighted by Gasteiger charge is -2.15. The Bertz CT molecular complexity index is 572. The summed E-state index contributed by atoms with van der Waals surface area (Å²) in [6.45, 7) is 2.06. The van der Waals surface area contributed by atoms with Gasteiger partial charge in [-0.05, 0) is 53.0 Å². The number of nitrogens with two attached hydrogens (primary N) is 1. The van der Waals surface area contributed by atoms with Gasteiger partial charge in [0.05, 0.1) is 18.8 Å². The molecule has 0 saturated heterocycles. The monoisotopic (exact) mass is 320 g/mol. The number of hydrogen-bond acceptors (Lipinski definition) is 3. The summed E-state index contributed by atoms with van der Waals surface area (Å²) in [5.74, 6) is 0.869. The van der Waals surface area contributed by atoms with Crippen molar-refractivity contribution in [2.75, 3.05) is 7.11 Å². The second-order valence-electron chi connectivity index (χ2n) is 4.50. The summed E-state index contributed by atoms with van der Waals surface area (Å²) in [4.78, 5) is 4.34. The number of halogens is 1. The molecule has 19 heavy (non-hydrogen) atoms. The molecule has 0 aliphatic heterocycles. The number of ether oxygens (including phenoxy) is 1. The van der Waals surface area contributed by atoms with Crippen molar-refractivity contribution in [3.63, 3.8) is 0 Å².